The summed E-state index contributed by atoms with van der Waals surface area (Å²) in [6.07, 6.45) is 0. The van der Waals surface area contributed by atoms with Crippen LogP contribution in [0.25, 0.3) is 10.1 Å². The minimum Gasteiger partial charge on any atom is -0.477 e. The minimum atomic E-state index is -1.15. The highest BCUT2D eigenvalue weighted by atomic mass is 35.5. The third kappa shape index (κ3) is 2.48. The number of aromatic nitrogens is 2. The Labute approximate surface area is 127 Å². The zero-order valence-electron chi connectivity index (χ0n) is 10.4. The number of carboxylic acid groups (broad SMARTS) is 1. The Morgan fingerprint density at radius 2 is 2.10 bits per heavy atom. The lowest BCUT2D eigenvalue weighted by Gasteiger charge is -1.98. The van der Waals surface area contributed by atoms with Crippen molar-refractivity contribution < 1.29 is 14.7 Å². The molecule has 0 radical (unpaired) electrons. The summed E-state index contributed by atoms with van der Waals surface area (Å²) in [5.41, 5.74) is -0.104. The Kier molecular flexibility index (Phi) is 3.36. The number of carbonyl (C=O) groups excluding carboxylic acids is 1. The zero-order valence-corrected chi connectivity index (χ0v) is 12.0. The highest BCUT2D eigenvalue weighted by Gasteiger charge is 2.18. The van der Waals surface area contributed by atoms with Gasteiger partial charge in [-0.15, -0.1) is 11.3 Å². The van der Waals surface area contributed by atoms with Gasteiger partial charge < -0.3 is 10.4 Å². The number of carbonyl (C=O) groups is 2. The van der Waals surface area contributed by atoms with Gasteiger partial charge in [-0.1, -0.05) is 29.8 Å². The van der Waals surface area contributed by atoms with E-state index >= 15 is 0 Å². The summed E-state index contributed by atoms with van der Waals surface area (Å²) in [5.74, 6) is -1.45. The average molecular weight is 322 g/mol. The summed E-state index contributed by atoms with van der Waals surface area (Å²) in [5, 5.41) is 18.5. The Balaban J connectivity index is 1.89. The third-order valence-electron chi connectivity index (χ3n) is 2.79. The second-order valence-corrected chi connectivity index (χ2v) is 5.60. The lowest BCUT2D eigenvalue weighted by molar-refractivity contribution is 0.0690. The van der Waals surface area contributed by atoms with E-state index in [1.807, 2.05) is 24.3 Å². The summed E-state index contributed by atoms with van der Waals surface area (Å²) in [6.45, 7) is 0. The van der Waals surface area contributed by atoms with Crippen molar-refractivity contribution in [3.8, 4) is 0 Å². The number of H-pyrrole nitrogens is 1. The van der Waals surface area contributed by atoms with E-state index in [1.165, 1.54) is 17.4 Å². The van der Waals surface area contributed by atoms with Gasteiger partial charge in [-0.2, -0.15) is 5.10 Å². The van der Waals surface area contributed by atoms with Gasteiger partial charge in [-0.05, 0) is 6.07 Å². The predicted molar refractivity (Wildman–Crippen MR) is 80.3 cm³/mol. The highest BCUT2D eigenvalue weighted by molar-refractivity contribution is 7.21. The number of aromatic carboxylic acids is 1. The van der Waals surface area contributed by atoms with E-state index < -0.39 is 11.9 Å². The summed E-state index contributed by atoms with van der Waals surface area (Å²) < 4.78 is 0.904. The standard InChI is InChI=1S/C13H8ClN3O3S/c14-10-6-3-1-2-4-8(6)21-11(10)12(18)15-9-5-7(13(19)20)16-17-9/h1-5H,(H,19,20)(H2,15,16,17,18). The molecule has 0 fully saturated rings. The maximum Gasteiger partial charge on any atom is 0.353 e. The fourth-order valence-electron chi connectivity index (χ4n) is 1.83. The van der Waals surface area contributed by atoms with Crippen molar-refractivity contribution in [3.63, 3.8) is 0 Å². The van der Waals surface area contributed by atoms with Crippen LogP contribution in [-0.2, 0) is 0 Å². The number of amides is 1. The number of halogens is 1. The number of anilines is 1. The molecule has 0 bridgehead atoms. The van der Waals surface area contributed by atoms with Crippen molar-refractivity contribution >= 4 is 50.7 Å². The number of benzene rings is 1. The van der Waals surface area contributed by atoms with E-state index in [2.05, 4.69) is 15.5 Å². The SMILES string of the molecule is O=C(O)c1cc(NC(=O)c2sc3ccccc3c2Cl)n[nH]1. The lowest BCUT2D eigenvalue weighted by atomic mass is 10.2. The van der Waals surface area contributed by atoms with Crippen LogP contribution in [0, 0.1) is 0 Å². The first-order valence-corrected chi connectivity index (χ1v) is 7.03. The largest absolute Gasteiger partial charge is 0.477 e. The van der Waals surface area contributed by atoms with Crippen LogP contribution in [0.2, 0.25) is 5.02 Å². The van der Waals surface area contributed by atoms with Gasteiger partial charge in [0.25, 0.3) is 5.91 Å². The highest BCUT2D eigenvalue weighted by Crippen LogP contribution is 2.35. The van der Waals surface area contributed by atoms with Crippen molar-refractivity contribution in [2.45, 2.75) is 0 Å². The maximum absolute atomic E-state index is 12.2. The van der Waals surface area contributed by atoms with Crippen LogP contribution in [0.5, 0.6) is 0 Å². The molecular formula is C13H8ClN3O3S. The number of aromatic amines is 1. The molecule has 0 aliphatic carbocycles. The number of carboxylic acids is 1. The van der Waals surface area contributed by atoms with Crippen LogP contribution >= 0.6 is 22.9 Å². The molecule has 2 heterocycles. The van der Waals surface area contributed by atoms with Crippen LogP contribution in [0.4, 0.5) is 5.82 Å². The molecule has 3 rings (SSSR count). The minimum absolute atomic E-state index is 0.104. The van der Waals surface area contributed by atoms with Gasteiger partial charge in [0.1, 0.15) is 10.6 Å². The first kappa shape index (κ1) is 13.6. The average Bonchev–Trinajstić information content (AvgIpc) is 3.05. The van der Waals surface area contributed by atoms with Gasteiger partial charge >= 0.3 is 5.97 Å². The van der Waals surface area contributed by atoms with Crippen LogP contribution in [0.1, 0.15) is 20.2 Å². The monoisotopic (exact) mass is 321 g/mol. The summed E-state index contributed by atoms with van der Waals surface area (Å²) in [4.78, 5) is 23.3. The Bertz CT molecular complexity index is 855. The van der Waals surface area contributed by atoms with E-state index in [-0.39, 0.29) is 11.5 Å². The predicted octanol–water partition coefficient (Wildman–Crippen LogP) is 3.23. The molecule has 0 aliphatic heterocycles. The van der Waals surface area contributed by atoms with Gasteiger partial charge in [-0.3, -0.25) is 9.89 Å². The van der Waals surface area contributed by atoms with Crippen LogP contribution in [0.3, 0.4) is 0 Å². The van der Waals surface area contributed by atoms with Crippen molar-refractivity contribution in [2.75, 3.05) is 5.32 Å². The topological polar surface area (TPSA) is 95.1 Å². The van der Waals surface area contributed by atoms with E-state index in [1.54, 1.807) is 0 Å². The molecule has 0 spiro atoms. The second kappa shape index (κ2) is 5.19. The van der Waals surface area contributed by atoms with Crippen LogP contribution in [0.15, 0.2) is 30.3 Å². The molecule has 3 aromatic rings. The normalized spacial score (nSPS) is 10.7. The van der Waals surface area contributed by atoms with E-state index in [9.17, 15) is 9.59 Å². The Morgan fingerprint density at radius 3 is 2.76 bits per heavy atom. The number of rotatable bonds is 3. The summed E-state index contributed by atoms with van der Waals surface area (Å²) >= 11 is 7.47. The Morgan fingerprint density at radius 1 is 1.33 bits per heavy atom. The molecule has 6 nitrogen and oxygen atoms in total. The van der Waals surface area contributed by atoms with Crippen LogP contribution in [-0.4, -0.2) is 27.2 Å². The van der Waals surface area contributed by atoms with Crippen molar-refractivity contribution in [1.29, 1.82) is 0 Å². The molecule has 3 N–H and O–H groups in total. The zero-order chi connectivity index (χ0) is 15.0. The van der Waals surface area contributed by atoms with Crippen molar-refractivity contribution in [2.24, 2.45) is 0 Å². The van der Waals surface area contributed by atoms with Gasteiger partial charge in [-0.25, -0.2) is 4.79 Å². The molecule has 0 saturated heterocycles. The molecule has 1 aromatic carbocycles. The van der Waals surface area contributed by atoms with Gasteiger partial charge in [0, 0.05) is 16.2 Å². The first-order chi connectivity index (χ1) is 10.1. The Hall–Kier alpha value is -2.38. The molecule has 1 amide bonds. The van der Waals surface area contributed by atoms with Crippen LogP contribution < -0.4 is 5.32 Å². The number of hydrogen-bond donors (Lipinski definition) is 3. The number of hydrogen-bond acceptors (Lipinski definition) is 4. The van der Waals surface area contributed by atoms with Crippen molar-refractivity contribution in [3.05, 3.63) is 45.9 Å². The smallest absolute Gasteiger partial charge is 0.353 e. The van der Waals surface area contributed by atoms with Gasteiger partial charge in [0.05, 0.1) is 5.02 Å². The molecule has 0 unspecified atom stereocenters. The fraction of sp³-hybridized carbons (Fsp3) is 0. The number of nitrogens with one attached hydrogen (secondary N) is 2. The summed E-state index contributed by atoms with van der Waals surface area (Å²) in [6, 6.07) is 8.66. The molecule has 0 saturated carbocycles. The van der Waals surface area contributed by atoms with Gasteiger partial charge in [0.15, 0.2) is 5.82 Å². The fourth-order valence-corrected chi connectivity index (χ4v) is 3.24. The molecule has 106 valence electrons. The molecule has 8 heteroatoms. The number of thiophene rings is 1. The van der Waals surface area contributed by atoms with E-state index in [0.717, 1.165) is 10.1 Å². The number of nitrogens with zero attached hydrogens (tertiary/aromatic N) is 1. The van der Waals surface area contributed by atoms with E-state index in [4.69, 9.17) is 16.7 Å². The molecule has 0 atom stereocenters. The second-order valence-electron chi connectivity index (χ2n) is 4.17. The summed E-state index contributed by atoms with van der Waals surface area (Å²) in [7, 11) is 0. The molecule has 21 heavy (non-hydrogen) atoms. The van der Waals surface area contributed by atoms with Gasteiger partial charge in [0.2, 0.25) is 0 Å². The quantitative estimate of drug-likeness (QED) is 0.690. The molecule has 0 aliphatic rings. The van der Waals surface area contributed by atoms with Crippen molar-refractivity contribution in [1.82, 2.24) is 10.2 Å². The lowest BCUT2D eigenvalue weighted by Crippen LogP contribution is -2.10. The maximum atomic E-state index is 12.2. The number of fused-ring (bicyclic) bond motifs is 1. The third-order valence-corrected chi connectivity index (χ3v) is 4.47. The first-order valence-electron chi connectivity index (χ1n) is 5.83. The van der Waals surface area contributed by atoms with E-state index in [0.29, 0.717) is 9.90 Å². The molecular weight excluding hydrogens is 314 g/mol. The molecule has 2 aromatic heterocycles.